The average molecular weight is 287 g/mol. The minimum atomic E-state index is 0.0557. The van der Waals surface area contributed by atoms with E-state index in [9.17, 15) is 0 Å². The van der Waals surface area contributed by atoms with Crippen molar-refractivity contribution in [3.05, 3.63) is 60.2 Å². The largest absolute Gasteiger partial charge is 0.381 e. The molecule has 0 aromatic heterocycles. The first-order valence-corrected chi connectivity index (χ1v) is 7.65. The normalized spacial score (nSPS) is 20.6. The molecule has 0 spiro atoms. The molecule has 2 unspecified atom stereocenters. The lowest BCUT2D eigenvalue weighted by Gasteiger charge is -2.26. The summed E-state index contributed by atoms with van der Waals surface area (Å²) in [5.41, 5.74) is 3.67. The molecule has 0 radical (unpaired) electrons. The van der Waals surface area contributed by atoms with Gasteiger partial charge in [-0.2, -0.15) is 0 Å². The van der Waals surface area contributed by atoms with Gasteiger partial charge in [0.1, 0.15) is 0 Å². The molecule has 1 saturated heterocycles. The first kappa shape index (κ1) is 13.7. The van der Waals surface area contributed by atoms with Crippen molar-refractivity contribution in [3.63, 3.8) is 0 Å². The molecule has 1 heterocycles. The van der Waals surface area contributed by atoms with Gasteiger partial charge in [0.05, 0.1) is 12.0 Å². The maximum absolute atomic E-state index is 6.60. The van der Waals surface area contributed by atoms with Gasteiger partial charge in [0, 0.05) is 12.5 Å². The van der Waals surface area contributed by atoms with Gasteiger partial charge in [-0.25, -0.2) is 0 Å². The van der Waals surface area contributed by atoms with Crippen LogP contribution in [-0.4, -0.2) is 13.2 Å². The fraction of sp³-hybridized carbons (Fsp3) is 0.333. The lowest BCUT2D eigenvalue weighted by atomic mass is 9.92. The van der Waals surface area contributed by atoms with Gasteiger partial charge in [0.15, 0.2) is 0 Å². The van der Waals surface area contributed by atoms with Crippen molar-refractivity contribution in [2.75, 3.05) is 13.2 Å². The Kier molecular flexibility index (Phi) is 4.39. The quantitative estimate of drug-likeness (QED) is 0.717. The van der Waals surface area contributed by atoms with E-state index in [0.717, 1.165) is 26.1 Å². The molecule has 3 rings (SSSR count). The minimum Gasteiger partial charge on any atom is -0.381 e. The zero-order valence-electron chi connectivity index (χ0n) is 11.5. The molecule has 1 aliphatic heterocycles. The molecule has 2 heteroatoms. The van der Waals surface area contributed by atoms with Gasteiger partial charge in [0.2, 0.25) is 0 Å². The Bertz CT molecular complexity index is 529. The van der Waals surface area contributed by atoms with E-state index in [1.807, 2.05) is 6.07 Å². The molecule has 2 aromatic rings. The Morgan fingerprint density at radius 2 is 1.65 bits per heavy atom. The summed E-state index contributed by atoms with van der Waals surface area (Å²) in [5.74, 6) is 0.438. The third-order valence-corrected chi connectivity index (χ3v) is 4.55. The summed E-state index contributed by atoms with van der Waals surface area (Å²) in [6, 6.07) is 19.0. The molecule has 2 aromatic carbocycles. The molecule has 0 saturated carbocycles. The highest BCUT2D eigenvalue weighted by molar-refractivity contribution is 6.21. The summed E-state index contributed by atoms with van der Waals surface area (Å²) in [6.07, 6.45) is 2.28. The van der Waals surface area contributed by atoms with E-state index in [1.165, 1.54) is 16.7 Å². The Balaban J connectivity index is 1.75. The number of ether oxygens (including phenoxy) is 1. The molecule has 104 valence electrons. The van der Waals surface area contributed by atoms with Crippen molar-refractivity contribution in [3.8, 4) is 11.1 Å². The lowest BCUT2D eigenvalue weighted by Crippen LogP contribution is -2.21. The first-order valence-electron chi connectivity index (χ1n) is 7.22. The predicted octanol–water partition coefficient (Wildman–Crippen LogP) is 5.06. The fourth-order valence-electron chi connectivity index (χ4n) is 2.76. The Morgan fingerprint density at radius 3 is 2.30 bits per heavy atom. The Labute approximate surface area is 125 Å². The lowest BCUT2D eigenvalue weighted by molar-refractivity contribution is 0.0531. The average Bonchev–Trinajstić information content (AvgIpc) is 2.56. The summed E-state index contributed by atoms with van der Waals surface area (Å²) >= 11 is 6.60. The van der Waals surface area contributed by atoms with Crippen LogP contribution in [0.15, 0.2) is 54.6 Å². The van der Waals surface area contributed by atoms with E-state index in [1.54, 1.807) is 0 Å². The molecule has 1 fully saturated rings. The first-order chi connectivity index (χ1) is 9.84. The molecular formula is C18H19ClO. The van der Waals surface area contributed by atoms with E-state index in [2.05, 4.69) is 48.5 Å². The summed E-state index contributed by atoms with van der Waals surface area (Å²) < 4.78 is 5.53. The zero-order valence-corrected chi connectivity index (χ0v) is 12.2. The van der Waals surface area contributed by atoms with Crippen LogP contribution >= 0.6 is 11.6 Å². The van der Waals surface area contributed by atoms with Crippen LogP contribution in [-0.2, 0) is 4.74 Å². The van der Waals surface area contributed by atoms with E-state index in [0.29, 0.717) is 5.92 Å². The molecule has 1 aliphatic rings. The van der Waals surface area contributed by atoms with Crippen molar-refractivity contribution in [2.24, 2.45) is 5.92 Å². The zero-order chi connectivity index (χ0) is 13.8. The van der Waals surface area contributed by atoms with Crippen molar-refractivity contribution in [2.45, 2.75) is 18.2 Å². The van der Waals surface area contributed by atoms with Gasteiger partial charge >= 0.3 is 0 Å². The second-order valence-electron chi connectivity index (χ2n) is 5.37. The van der Waals surface area contributed by atoms with Gasteiger partial charge in [-0.15, -0.1) is 11.6 Å². The highest BCUT2D eigenvalue weighted by atomic mass is 35.5. The Hall–Kier alpha value is -1.31. The van der Waals surface area contributed by atoms with Gasteiger partial charge in [-0.3, -0.25) is 0 Å². The highest BCUT2D eigenvalue weighted by Crippen LogP contribution is 2.35. The SMILES string of the molecule is ClC(c1ccc(-c2ccccc2)cc1)C1CCCOC1. The molecule has 1 nitrogen and oxygen atoms in total. The third-order valence-electron chi connectivity index (χ3n) is 3.95. The standard InChI is InChI=1S/C18H19ClO/c19-18(17-7-4-12-20-13-17)16-10-8-15(9-11-16)14-5-2-1-3-6-14/h1-3,5-6,8-11,17-18H,4,7,12-13H2. The summed E-state index contributed by atoms with van der Waals surface area (Å²) in [7, 11) is 0. The monoisotopic (exact) mass is 286 g/mol. The van der Waals surface area contributed by atoms with Gasteiger partial charge < -0.3 is 4.74 Å². The number of hydrogen-bond acceptors (Lipinski definition) is 1. The van der Waals surface area contributed by atoms with E-state index < -0.39 is 0 Å². The third kappa shape index (κ3) is 3.05. The van der Waals surface area contributed by atoms with Crippen LogP contribution in [0.1, 0.15) is 23.8 Å². The number of halogens is 1. The summed E-state index contributed by atoms with van der Waals surface area (Å²) in [6.45, 7) is 1.67. The van der Waals surface area contributed by atoms with Crippen molar-refractivity contribution >= 4 is 11.6 Å². The predicted molar refractivity (Wildman–Crippen MR) is 84.0 cm³/mol. The van der Waals surface area contributed by atoms with Gasteiger partial charge in [0.25, 0.3) is 0 Å². The number of alkyl halides is 1. The maximum Gasteiger partial charge on any atom is 0.0635 e. The van der Waals surface area contributed by atoms with E-state index in [-0.39, 0.29) is 5.38 Å². The second-order valence-corrected chi connectivity index (χ2v) is 5.84. The van der Waals surface area contributed by atoms with Crippen molar-refractivity contribution in [1.82, 2.24) is 0 Å². The molecule has 0 bridgehead atoms. The van der Waals surface area contributed by atoms with E-state index in [4.69, 9.17) is 16.3 Å². The molecule has 0 amide bonds. The molecule has 0 N–H and O–H groups in total. The van der Waals surface area contributed by atoms with Crippen LogP contribution in [0, 0.1) is 5.92 Å². The number of rotatable bonds is 3. The smallest absolute Gasteiger partial charge is 0.0635 e. The van der Waals surface area contributed by atoms with Crippen LogP contribution in [0.5, 0.6) is 0 Å². The molecular weight excluding hydrogens is 268 g/mol. The number of hydrogen-bond donors (Lipinski definition) is 0. The minimum absolute atomic E-state index is 0.0557. The van der Waals surface area contributed by atoms with Crippen molar-refractivity contribution < 1.29 is 4.74 Å². The highest BCUT2D eigenvalue weighted by Gasteiger charge is 2.23. The topological polar surface area (TPSA) is 9.23 Å². The maximum atomic E-state index is 6.60. The fourth-order valence-corrected chi connectivity index (χ4v) is 3.10. The molecule has 20 heavy (non-hydrogen) atoms. The van der Waals surface area contributed by atoms with Crippen LogP contribution < -0.4 is 0 Å². The van der Waals surface area contributed by atoms with Crippen LogP contribution in [0.25, 0.3) is 11.1 Å². The number of benzene rings is 2. The van der Waals surface area contributed by atoms with Crippen LogP contribution in [0.2, 0.25) is 0 Å². The van der Waals surface area contributed by atoms with Crippen LogP contribution in [0.3, 0.4) is 0 Å². The Morgan fingerprint density at radius 1 is 0.950 bits per heavy atom. The van der Waals surface area contributed by atoms with Gasteiger partial charge in [-0.05, 0) is 29.5 Å². The van der Waals surface area contributed by atoms with E-state index >= 15 is 0 Å². The molecule has 2 atom stereocenters. The summed E-state index contributed by atoms with van der Waals surface area (Å²) in [4.78, 5) is 0. The van der Waals surface area contributed by atoms with Crippen molar-refractivity contribution in [1.29, 1.82) is 0 Å². The molecule has 0 aliphatic carbocycles. The summed E-state index contributed by atoms with van der Waals surface area (Å²) in [5, 5.41) is 0.0557. The second kappa shape index (κ2) is 6.43. The van der Waals surface area contributed by atoms with Crippen LogP contribution in [0.4, 0.5) is 0 Å². The van der Waals surface area contributed by atoms with Gasteiger partial charge in [-0.1, -0.05) is 54.6 Å².